The van der Waals surface area contributed by atoms with E-state index in [0.29, 0.717) is 18.2 Å². The highest BCUT2D eigenvalue weighted by atomic mass is 19.4. The minimum Gasteiger partial charge on any atom is -0.468 e. The van der Waals surface area contributed by atoms with Crippen LogP contribution >= 0.6 is 0 Å². The molecule has 0 radical (unpaired) electrons. The van der Waals surface area contributed by atoms with E-state index in [1.54, 1.807) is 13.8 Å². The molecule has 0 spiro atoms. The average Bonchev–Trinajstić information content (AvgIpc) is 2.73. The largest absolute Gasteiger partial charge is 0.468 e. The summed E-state index contributed by atoms with van der Waals surface area (Å²) in [4.78, 5) is 1.37. The fourth-order valence-electron chi connectivity index (χ4n) is 1.99. The standard InChI is InChI=1S/C15H25F3N2O/c1-11(2)7-19-8-13-5-6-21-14(13)9-20(12(3)4)10-15(16,17)18/h5-6,11-12,19H,7-10H2,1-4H3. The zero-order valence-corrected chi connectivity index (χ0v) is 13.1. The van der Waals surface area contributed by atoms with Crippen molar-refractivity contribution in [3.05, 3.63) is 23.7 Å². The molecule has 1 heterocycles. The summed E-state index contributed by atoms with van der Waals surface area (Å²) in [6, 6.07) is 1.61. The molecule has 0 bridgehead atoms. The van der Waals surface area contributed by atoms with Gasteiger partial charge in [-0.3, -0.25) is 4.90 Å². The second-order valence-electron chi connectivity index (χ2n) is 6.01. The van der Waals surface area contributed by atoms with Gasteiger partial charge in [0, 0.05) is 18.2 Å². The van der Waals surface area contributed by atoms with E-state index in [1.807, 2.05) is 6.07 Å². The summed E-state index contributed by atoms with van der Waals surface area (Å²) in [6.07, 6.45) is -2.67. The number of alkyl halides is 3. The Morgan fingerprint density at radius 2 is 1.90 bits per heavy atom. The molecule has 1 aromatic rings. The molecule has 0 amide bonds. The van der Waals surface area contributed by atoms with Crippen LogP contribution in [0.5, 0.6) is 0 Å². The molecular weight excluding hydrogens is 281 g/mol. The number of nitrogens with zero attached hydrogens (tertiary/aromatic N) is 1. The Kier molecular flexibility index (Phi) is 6.74. The van der Waals surface area contributed by atoms with Crippen LogP contribution in [0.4, 0.5) is 13.2 Å². The van der Waals surface area contributed by atoms with E-state index >= 15 is 0 Å². The highest BCUT2D eigenvalue weighted by molar-refractivity contribution is 5.17. The van der Waals surface area contributed by atoms with E-state index < -0.39 is 12.7 Å². The monoisotopic (exact) mass is 306 g/mol. The Hall–Kier alpha value is -1.01. The third-order valence-electron chi connectivity index (χ3n) is 3.17. The van der Waals surface area contributed by atoms with E-state index in [1.165, 1.54) is 11.2 Å². The fourth-order valence-corrected chi connectivity index (χ4v) is 1.99. The van der Waals surface area contributed by atoms with Crippen molar-refractivity contribution in [2.24, 2.45) is 5.92 Å². The van der Waals surface area contributed by atoms with E-state index in [4.69, 9.17) is 4.42 Å². The molecular formula is C15H25F3N2O. The van der Waals surface area contributed by atoms with Crippen LogP contribution in [0.15, 0.2) is 16.7 Å². The second-order valence-corrected chi connectivity index (χ2v) is 6.01. The summed E-state index contributed by atoms with van der Waals surface area (Å²) >= 11 is 0. The third-order valence-corrected chi connectivity index (χ3v) is 3.17. The number of halogens is 3. The van der Waals surface area contributed by atoms with Gasteiger partial charge in [0.15, 0.2) is 0 Å². The van der Waals surface area contributed by atoms with Crippen LogP contribution in [-0.2, 0) is 13.1 Å². The van der Waals surface area contributed by atoms with Gasteiger partial charge in [-0.25, -0.2) is 0 Å². The molecule has 0 saturated carbocycles. The number of nitrogens with one attached hydrogen (secondary N) is 1. The number of rotatable bonds is 8. The molecule has 0 saturated heterocycles. The molecule has 0 aliphatic carbocycles. The summed E-state index contributed by atoms with van der Waals surface area (Å²) < 4.78 is 43.2. The lowest BCUT2D eigenvalue weighted by molar-refractivity contribution is -0.151. The SMILES string of the molecule is CC(C)CNCc1ccoc1CN(CC(F)(F)F)C(C)C. The quantitative estimate of drug-likeness (QED) is 0.792. The molecule has 0 aromatic carbocycles. The first-order valence-corrected chi connectivity index (χ1v) is 7.25. The Morgan fingerprint density at radius 1 is 1.24 bits per heavy atom. The van der Waals surface area contributed by atoms with Crippen LogP contribution in [0.2, 0.25) is 0 Å². The lowest BCUT2D eigenvalue weighted by Gasteiger charge is -2.26. The molecule has 1 rings (SSSR count). The molecule has 3 nitrogen and oxygen atoms in total. The zero-order valence-electron chi connectivity index (χ0n) is 13.1. The molecule has 1 aromatic heterocycles. The number of hydrogen-bond acceptors (Lipinski definition) is 3. The minimum atomic E-state index is -4.20. The lowest BCUT2D eigenvalue weighted by atomic mass is 10.2. The maximum Gasteiger partial charge on any atom is 0.401 e. The molecule has 122 valence electrons. The second kappa shape index (κ2) is 7.84. The van der Waals surface area contributed by atoms with Crippen molar-refractivity contribution in [1.82, 2.24) is 10.2 Å². The Balaban J connectivity index is 2.65. The van der Waals surface area contributed by atoms with Crippen LogP contribution in [0.3, 0.4) is 0 Å². The van der Waals surface area contributed by atoms with Crippen molar-refractivity contribution >= 4 is 0 Å². The van der Waals surface area contributed by atoms with Crippen molar-refractivity contribution in [2.75, 3.05) is 13.1 Å². The third kappa shape index (κ3) is 7.00. The minimum absolute atomic E-state index is 0.170. The van der Waals surface area contributed by atoms with Crippen molar-refractivity contribution < 1.29 is 17.6 Å². The van der Waals surface area contributed by atoms with Crippen molar-refractivity contribution in [2.45, 2.75) is 53.0 Å². The maximum absolute atomic E-state index is 12.6. The topological polar surface area (TPSA) is 28.4 Å². The molecule has 0 aliphatic heterocycles. The maximum atomic E-state index is 12.6. The van der Waals surface area contributed by atoms with Gasteiger partial charge in [-0.05, 0) is 32.4 Å². The summed E-state index contributed by atoms with van der Waals surface area (Å²) in [5.74, 6) is 1.13. The summed E-state index contributed by atoms with van der Waals surface area (Å²) in [6.45, 7) is 8.44. The van der Waals surface area contributed by atoms with Gasteiger partial charge in [0.1, 0.15) is 5.76 Å². The van der Waals surface area contributed by atoms with Crippen LogP contribution in [0.25, 0.3) is 0 Å². The van der Waals surface area contributed by atoms with Gasteiger partial charge >= 0.3 is 6.18 Å². The van der Waals surface area contributed by atoms with E-state index in [9.17, 15) is 13.2 Å². The van der Waals surface area contributed by atoms with Gasteiger partial charge in [-0.1, -0.05) is 13.8 Å². The Morgan fingerprint density at radius 3 is 2.43 bits per heavy atom. The Bertz CT molecular complexity index is 413. The first-order chi connectivity index (χ1) is 9.69. The number of furan rings is 1. The van der Waals surface area contributed by atoms with Crippen LogP contribution in [0.1, 0.15) is 39.0 Å². The Labute approximate surface area is 124 Å². The number of hydrogen-bond donors (Lipinski definition) is 1. The summed E-state index contributed by atoms with van der Waals surface area (Å²) in [7, 11) is 0. The highest BCUT2D eigenvalue weighted by Crippen LogP contribution is 2.21. The molecule has 6 heteroatoms. The van der Waals surface area contributed by atoms with Gasteiger partial charge in [-0.15, -0.1) is 0 Å². The molecule has 1 N–H and O–H groups in total. The summed E-state index contributed by atoms with van der Waals surface area (Å²) in [5.41, 5.74) is 0.920. The van der Waals surface area contributed by atoms with E-state index in [-0.39, 0.29) is 12.6 Å². The first kappa shape index (κ1) is 18.0. The fraction of sp³-hybridized carbons (Fsp3) is 0.733. The van der Waals surface area contributed by atoms with Gasteiger partial charge < -0.3 is 9.73 Å². The van der Waals surface area contributed by atoms with Crippen molar-refractivity contribution in [3.8, 4) is 0 Å². The predicted molar refractivity (Wildman–Crippen MR) is 76.9 cm³/mol. The molecule has 0 fully saturated rings. The van der Waals surface area contributed by atoms with Crippen molar-refractivity contribution in [1.29, 1.82) is 0 Å². The lowest BCUT2D eigenvalue weighted by Crippen LogP contribution is -2.38. The first-order valence-electron chi connectivity index (χ1n) is 7.25. The normalized spacial score (nSPS) is 12.9. The van der Waals surface area contributed by atoms with Crippen molar-refractivity contribution in [3.63, 3.8) is 0 Å². The molecule has 0 atom stereocenters. The van der Waals surface area contributed by atoms with E-state index in [0.717, 1.165) is 12.1 Å². The van der Waals surface area contributed by atoms with Crippen LogP contribution in [0, 0.1) is 5.92 Å². The van der Waals surface area contributed by atoms with Gasteiger partial charge in [0.05, 0.1) is 19.4 Å². The highest BCUT2D eigenvalue weighted by Gasteiger charge is 2.32. The van der Waals surface area contributed by atoms with Crippen LogP contribution in [-0.4, -0.2) is 30.2 Å². The smallest absolute Gasteiger partial charge is 0.401 e. The predicted octanol–water partition coefficient (Wildman–Crippen LogP) is 3.80. The van der Waals surface area contributed by atoms with Crippen LogP contribution < -0.4 is 5.32 Å². The van der Waals surface area contributed by atoms with Gasteiger partial charge in [0.25, 0.3) is 0 Å². The van der Waals surface area contributed by atoms with E-state index in [2.05, 4.69) is 19.2 Å². The average molecular weight is 306 g/mol. The molecule has 21 heavy (non-hydrogen) atoms. The summed E-state index contributed by atoms with van der Waals surface area (Å²) in [5, 5.41) is 3.28. The zero-order chi connectivity index (χ0) is 16.0. The molecule has 0 unspecified atom stereocenters. The molecule has 0 aliphatic rings. The van der Waals surface area contributed by atoms with Gasteiger partial charge in [0.2, 0.25) is 0 Å². The van der Waals surface area contributed by atoms with Gasteiger partial charge in [-0.2, -0.15) is 13.2 Å².